The predicted octanol–water partition coefficient (Wildman–Crippen LogP) is 5.00. The van der Waals surface area contributed by atoms with Gasteiger partial charge in [0.1, 0.15) is 4.70 Å². The quantitative estimate of drug-likeness (QED) is 0.207. The molecule has 0 spiro atoms. The number of nitrogens with one attached hydrogen (secondary N) is 1. The molecule has 0 unspecified atom stereocenters. The van der Waals surface area contributed by atoms with Crippen molar-refractivity contribution in [2.24, 2.45) is 0 Å². The molecule has 0 aliphatic heterocycles. The maximum absolute atomic E-state index is 13.1. The van der Waals surface area contributed by atoms with Gasteiger partial charge in [0.25, 0.3) is 5.56 Å². The second-order valence-electron chi connectivity index (χ2n) is 7.24. The zero-order valence-corrected chi connectivity index (χ0v) is 19.7. The highest BCUT2D eigenvalue weighted by atomic mass is 35.5. The predicted molar refractivity (Wildman–Crippen MR) is 133 cm³/mol. The lowest BCUT2D eigenvalue weighted by molar-refractivity contribution is -0.118. The molecule has 0 aliphatic rings. The van der Waals surface area contributed by atoms with Crippen molar-refractivity contribution in [2.45, 2.75) is 24.5 Å². The van der Waals surface area contributed by atoms with Crippen molar-refractivity contribution in [3.63, 3.8) is 0 Å². The van der Waals surface area contributed by atoms with Gasteiger partial charge in [-0.25, -0.2) is 4.98 Å². The zero-order chi connectivity index (χ0) is 22.3. The van der Waals surface area contributed by atoms with Crippen LogP contribution in [0.25, 0.3) is 10.2 Å². The van der Waals surface area contributed by atoms with E-state index in [9.17, 15) is 9.59 Å². The normalized spacial score (nSPS) is 11.0. The molecule has 1 amide bonds. The molecular formula is C24H22ClN3O2S2. The van der Waals surface area contributed by atoms with Gasteiger partial charge in [-0.2, -0.15) is 0 Å². The van der Waals surface area contributed by atoms with Crippen LogP contribution in [0.5, 0.6) is 0 Å². The summed E-state index contributed by atoms with van der Waals surface area (Å²) in [4.78, 5) is 30.1. The Balaban J connectivity index is 1.42. The van der Waals surface area contributed by atoms with Crippen LogP contribution in [0.3, 0.4) is 0 Å². The van der Waals surface area contributed by atoms with E-state index >= 15 is 0 Å². The van der Waals surface area contributed by atoms with Gasteiger partial charge in [0.15, 0.2) is 5.16 Å². The van der Waals surface area contributed by atoms with E-state index in [0.29, 0.717) is 33.5 Å². The summed E-state index contributed by atoms with van der Waals surface area (Å²) in [7, 11) is 0. The molecule has 0 bridgehead atoms. The lowest BCUT2D eigenvalue weighted by Crippen LogP contribution is -2.28. The van der Waals surface area contributed by atoms with Crippen molar-refractivity contribution in [3.8, 4) is 0 Å². The first kappa shape index (κ1) is 22.6. The maximum Gasteiger partial charge on any atom is 0.272 e. The summed E-state index contributed by atoms with van der Waals surface area (Å²) < 4.78 is 2.21. The molecule has 1 N–H and O–H groups in total. The Morgan fingerprint density at radius 2 is 1.88 bits per heavy atom. The summed E-state index contributed by atoms with van der Waals surface area (Å²) in [6.07, 6.45) is 1.79. The van der Waals surface area contributed by atoms with E-state index in [1.807, 2.05) is 47.8 Å². The van der Waals surface area contributed by atoms with Crippen LogP contribution in [0.1, 0.15) is 17.5 Å². The molecule has 32 heavy (non-hydrogen) atoms. The number of rotatable bonds is 9. The Hall–Kier alpha value is -2.61. The van der Waals surface area contributed by atoms with Crippen molar-refractivity contribution in [2.75, 3.05) is 12.3 Å². The number of aromatic nitrogens is 2. The van der Waals surface area contributed by atoms with Gasteiger partial charge in [-0.15, -0.1) is 11.3 Å². The lowest BCUT2D eigenvalue weighted by atomic mass is 10.1. The number of carbonyl (C=O) groups is 1. The standard InChI is InChI=1S/C24H22ClN3O2S2/c25-19-11-5-4-10-18(19)15-28-23(30)22-20(12-14-31-22)27-24(28)32-16-21(29)26-13-6-9-17-7-2-1-3-8-17/h1-5,7-8,10-12,14H,6,9,13,15-16H2,(H,26,29). The van der Waals surface area contributed by atoms with Gasteiger partial charge in [-0.1, -0.05) is 71.9 Å². The molecule has 0 fully saturated rings. The molecule has 2 heterocycles. The van der Waals surface area contributed by atoms with Crippen LogP contribution >= 0.6 is 34.7 Å². The number of fused-ring (bicyclic) bond motifs is 1. The van der Waals surface area contributed by atoms with Crippen LogP contribution in [-0.2, 0) is 17.8 Å². The topological polar surface area (TPSA) is 64.0 Å². The lowest BCUT2D eigenvalue weighted by Gasteiger charge is -2.13. The molecule has 5 nitrogen and oxygen atoms in total. The fraction of sp³-hybridized carbons (Fsp3) is 0.208. The second-order valence-corrected chi connectivity index (χ2v) is 9.51. The minimum atomic E-state index is -0.115. The van der Waals surface area contributed by atoms with Crippen LogP contribution in [0.4, 0.5) is 0 Å². The second kappa shape index (κ2) is 10.8. The number of hydrogen-bond acceptors (Lipinski definition) is 5. The number of thioether (sulfide) groups is 1. The number of halogens is 1. The number of nitrogens with zero attached hydrogens (tertiary/aromatic N) is 2. The summed E-state index contributed by atoms with van der Waals surface area (Å²) in [5, 5.41) is 5.92. The monoisotopic (exact) mass is 483 g/mol. The van der Waals surface area contributed by atoms with E-state index in [-0.39, 0.29) is 17.2 Å². The number of hydrogen-bond donors (Lipinski definition) is 1. The van der Waals surface area contributed by atoms with E-state index in [1.165, 1.54) is 28.7 Å². The third kappa shape index (κ3) is 5.59. The van der Waals surface area contributed by atoms with Gasteiger partial charge >= 0.3 is 0 Å². The van der Waals surface area contributed by atoms with Gasteiger partial charge < -0.3 is 5.32 Å². The van der Waals surface area contributed by atoms with Crippen molar-refractivity contribution >= 4 is 50.8 Å². The van der Waals surface area contributed by atoms with Crippen LogP contribution in [0.15, 0.2) is 76.0 Å². The molecule has 0 aliphatic carbocycles. The Bertz CT molecular complexity index is 1270. The average Bonchev–Trinajstić information content (AvgIpc) is 3.28. The average molecular weight is 484 g/mol. The summed E-state index contributed by atoms with van der Waals surface area (Å²) in [6, 6.07) is 19.5. The molecular weight excluding hydrogens is 462 g/mol. The summed E-state index contributed by atoms with van der Waals surface area (Å²) in [5.41, 5.74) is 2.63. The van der Waals surface area contributed by atoms with Crippen molar-refractivity contribution in [1.29, 1.82) is 0 Å². The van der Waals surface area contributed by atoms with Crippen LogP contribution < -0.4 is 10.9 Å². The van der Waals surface area contributed by atoms with Gasteiger partial charge in [0, 0.05) is 11.6 Å². The third-order valence-electron chi connectivity index (χ3n) is 4.96. The maximum atomic E-state index is 13.1. The van der Waals surface area contributed by atoms with Gasteiger partial charge in [-0.05, 0) is 41.5 Å². The Morgan fingerprint density at radius 1 is 1.09 bits per heavy atom. The summed E-state index contributed by atoms with van der Waals surface area (Å²) >= 11 is 8.95. The highest BCUT2D eigenvalue weighted by Gasteiger charge is 2.15. The molecule has 8 heteroatoms. The smallest absolute Gasteiger partial charge is 0.272 e. The largest absolute Gasteiger partial charge is 0.355 e. The molecule has 4 aromatic rings. The van der Waals surface area contributed by atoms with Gasteiger partial charge in [0.2, 0.25) is 5.91 Å². The van der Waals surface area contributed by atoms with E-state index in [2.05, 4.69) is 22.4 Å². The van der Waals surface area contributed by atoms with Crippen molar-refractivity contribution in [1.82, 2.24) is 14.9 Å². The van der Waals surface area contributed by atoms with E-state index in [0.717, 1.165) is 18.4 Å². The van der Waals surface area contributed by atoms with E-state index in [1.54, 1.807) is 10.6 Å². The number of amides is 1. The highest BCUT2D eigenvalue weighted by Crippen LogP contribution is 2.23. The summed E-state index contributed by atoms with van der Waals surface area (Å²) in [5.74, 6) is 0.114. The molecule has 0 radical (unpaired) electrons. The number of aryl methyl sites for hydroxylation is 1. The van der Waals surface area contributed by atoms with Gasteiger partial charge in [0.05, 0.1) is 17.8 Å². The SMILES string of the molecule is O=C(CSc1nc2ccsc2c(=O)n1Cc1ccccc1Cl)NCCCc1ccccc1. The van der Waals surface area contributed by atoms with Crippen LogP contribution in [0.2, 0.25) is 5.02 Å². The van der Waals surface area contributed by atoms with Gasteiger partial charge in [-0.3, -0.25) is 14.2 Å². The Morgan fingerprint density at radius 3 is 2.69 bits per heavy atom. The Labute approximate surface area is 199 Å². The molecule has 0 saturated heterocycles. The first-order valence-electron chi connectivity index (χ1n) is 10.3. The molecule has 2 aromatic heterocycles. The van der Waals surface area contributed by atoms with E-state index < -0.39 is 0 Å². The number of benzene rings is 2. The molecule has 2 aromatic carbocycles. The molecule has 0 atom stereocenters. The van der Waals surface area contributed by atoms with Crippen LogP contribution in [0, 0.1) is 0 Å². The Kier molecular flexibility index (Phi) is 7.63. The zero-order valence-electron chi connectivity index (χ0n) is 17.3. The fourth-order valence-corrected chi connectivity index (χ4v) is 5.12. The fourth-order valence-electron chi connectivity index (χ4n) is 3.32. The molecule has 4 rings (SSSR count). The van der Waals surface area contributed by atoms with Crippen molar-refractivity contribution in [3.05, 3.63) is 92.5 Å². The minimum Gasteiger partial charge on any atom is -0.355 e. The molecule has 0 saturated carbocycles. The summed E-state index contributed by atoms with van der Waals surface area (Å²) in [6.45, 7) is 0.915. The van der Waals surface area contributed by atoms with Crippen LogP contribution in [-0.4, -0.2) is 27.8 Å². The molecule has 164 valence electrons. The number of thiophene rings is 1. The van der Waals surface area contributed by atoms with E-state index in [4.69, 9.17) is 11.6 Å². The minimum absolute atomic E-state index is 0.0768. The third-order valence-corrected chi connectivity index (χ3v) is 7.19. The first-order chi connectivity index (χ1) is 15.6. The number of carbonyl (C=O) groups excluding carboxylic acids is 1. The first-order valence-corrected chi connectivity index (χ1v) is 12.5. The van der Waals surface area contributed by atoms with Crippen molar-refractivity contribution < 1.29 is 4.79 Å². The highest BCUT2D eigenvalue weighted by molar-refractivity contribution is 7.99.